The highest BCUT2D eigenvalue weighted by Crippen LogP contribution is 2.33. The number of hydrogen-bond acceptors (Lipinski definition) is 5. The molecule has 1 N–H and O–H groups in total. The first kappa shape index (κ1) is 17.0. The fraction of sp³-hybridized carbons (Fsp3) is 0.526. The minimum absolute atomic E-state index is 0.0533. The lowest BCUT2D eigenvalue weighted by Crippen LogP contribution is -2.44. The zero-order valence-corrected chi connectivity index (χ0v) is 15.1. The standard InChI is InChI=1S/C19H23N3O4/c1-11-18(13-5-3-4-6-16(13)26-11)19(24)22-7-8-25-10-15(22)14-9-17(23)21-12(2)20-14/h9,15H,3-8,10H2,1-2H3,(H,20,21,23)/t15-/m1/s1. The maximum atomic E-state index is 13.4. The third kappa shape index (κ3) is 2.96. The molecule has 0 bridgehead atoms. The molecule has 7 nitrogen and oxygen atoms in total. The summed E-state index contributed by atoms with van der Waals surface area (Å²) in [5.41, 5.74) is 2.09. The molecular formula is C19H23N3O4. The van der Waals surface area contributed by atoms with Crippen molar-refractivity contribution in [3.63, 3.8) is 0 Å². The lowest BCUT2D eigenvalue weighted by molar-refractivity contribution is -0.00415. The van der Waals surface area contributed by atoms with Gasteiger partial charge in [-0.3, -0.25) is 9.59 Å². The van der Waals surface area contributed by atoms with E-state index in [0.29, 0.717) is 42.6 Å². The number of nitrogens with zero attached hydrogens (tertiary/aromatic N) is 2. The van der Waals surface area contributed by atoms with E-state index in [1.165, 1.54) is 6.07 Å². The van der Waals surface area contributed by atoms with Gasteiger partial charge in [0.1, 0.15) is 17.3 Å². The summed E-state index contributed by atoms with van der Waals surface area (Å²) in [6.45, 7) is 4.87. The lowest BCUT2D eigenvalue weighted by Gasteiger charge is -2.35. The highest BCUT2D eigenvalue weighted by atomic mass is 16.5. The predicted octanol–water partition coefficient (Wildman–Crippen LogP) is 2.07. The van der Waals surface area contributed by atoms with Crippen LogP contribution >= 0.6 is 0 Å². The Balaban J connectivity index is 1.72. The lowest BCUT2D eigenvalue weighted by atomic mass is 9.93. The van der Waals surface area contributed by atoms with Gasteiger partial charge in [0.25, 0.3) is 11.5 Å². The van der Waals surface area contributed by atoms with Crippen molar-refractivity contribution in [2.24, 2.45) is 0 Å². The van der Waals surface area contributed by atoms with E-state index in [-0.39, 0.29) is 17.5 Å². The summed E-state index contributed by atoms with van der Waals surface area (Å²) in [5.74, 6) is 2.11. The number of rotatable bonds is 2. The number of H-pyrrole nitrogens is 1. The number of fused-ring (bicyclic) bond motifs is 1. The molecule has 2 aromatic heterocycles. The number of aromatic amines is 1. The maximum Gasteiger partial charge on any atom is 0.258 e. The van der Waals surface area contributed by atoms with Crippen LogP contribution in [0.2, 0.25) is 0 Å². The SMILES string of the molecule is Cc1nc([C@H]2COCCN2C(=O)c2c(C)oc3c2CCCC3)cc(=O)[nH]1. The number of aryl methyl sites for hydroxylation is 3. The van der Waals surface area contributed by atoms with Crippen LogP contribution in [-0.4, -0.2) is 40.5 Å². The van der Waals surface area contributed by atoms with Gasteiger partial charge < -0.3 is 19.0 Å². The normalized spacial score (nSPS) is 20.1. The molecule has 1 aliphatic heterocycles. The molecule has 1 saturated heterocycles. The number of morpholine rings is 1. The van der Waals surface area contributed by atoms with Crippen LogP contribution in [-0.2, 0) is 17.6 Å². The van der Waals surface area contributed by atoms with Crippen LogP contribution in [0.3, 0.4) is 0 Å². The van der Waals surface area contributed by atoms with E-state index in [2.05, 4.69) is 9.97 Å². The fourth-order valence-electron chi connectivity index (χ4n) is 3.99. The van der Waals surface area contributed by atoms with Gasteiger partial charge in [-0.2, -0.15) is 0 Å². The van der Waals surface area contributed by atoms with Crippen LogP contribution in [0.5, 0.6) is 0 Å². The number of amides is 1. The molecule has 2 aromatic rings. The van der Waals surface area contributed by atoms with Crippen LogP contribution in [0.25, 0.3) is 0 Å². The van der Waals surface area contributed by atoms with Gasteiger partial charge in [0.15, 0.2) is 0 Å². The van der Waals surface area contributed by atoms with Gasteiger partial charge in [-0.05, 0) is 33.1 Å². The van der Waals surface area contributed by atoms with E-state index < -0.39 is 0 Å². The van der Waals surface area contributed by atoms with E-state index in [1.54, 1.807) is 11.8 Å². The largest absolute Gasteiger partial charge is 0.465 e. The van der Waals surface area contributed by atoms with E-state index >= 15 is 0 Å². The molecule has 1 amide bonds. The molecular weight excluding hydrogens is 334 g/mol. The van der Waals surface area contributed by atoms with Gasteiger partial charge in [0, 0.05) is 24.6 Å². The zero-order chi connectivity index (χ0) is 18.3. The molecule has 2 aliphatic rings. The minimum atomic E-state index is -0.370. The second-order valence-corrected chi connectivity index (χ2v) is 6.99. The van der Waals surface area contributed by atoms with Crippen molar-refractivity contribution >= 4 is 5.91 Å². The van der Waals surface area contributed by atoms with Crippen molar-refractivity contribution in [3.05, 3.63) is 50.6 Å². The van der Waals surface area contributed by atoms with Gasteiger partial charge in [0.2, 0.25) is 0 Å². The van der Waals surface area contributed by atoms with Gasteiger partial charge in [-0.1, -0.05) is 0 Å². The summed E-state index contributed by atoms with van der Waals surface area (Å²) in [7, 11) is 0. The zero-order valence-electron chi connectivity index (χ0n) is 15.1. The Hall–Kier alpha value is -2.41. The molecule has 4 rings (SSSR count). The third-order valence-electron chi connectivity index (χ3n) is 5.17. The topological polar surface area (TPSA) is 88.4 Å². The molecule has 1 atom stereocenters. The Bertz CT molecular complexity index is 899. The molecule has 0 unspecified atom stereocenters. The van der Waals surface area contributed by atoms with Crippen LogP contribution in [0.15, 0.2) is 15.3 Å². The van der Waals surface area contributed by atoms with Gasteiger partial charge in [0.05, 0.1) is 30.5 Å². The average molecular weight is 357 g/mol. The summed E-state index contributed by atoms with van der Waals surface area (Å²) in [4.78, 5) is 34.1. The van der Waals surface area contributed by atoms with E-state index in [9.17, 15) is 9.59 Å². The summed E-state index contributed by atoms with van der Waals surface area (Å²) in [5, 5.41) is 0. The van der Waals surface area contributed by atoms with Crippen LogP contribution in [0.4, 0.5) is 0 Å². The van der Waals surface area contributed by atoms with Crippen molar-refractivity contribution in [3.8, 4) is 0 Å². The van der Waals surface area contributed by atoms with Crippen LogP contribution in [0, 0.1) is 13.8 Å². The Morgan fingerprint density at radius 2 is 2.12 bits per heavy atom. The molecule has 0 aromatic carbocycles. The molecule has 0 radical (unpaired) electrons. The Labute approximate surface area is 151 Å². The first-order chi connectivity index (χ1) is 12.5. The Morgan fingerprint density at radius 1 is 1.31 bits per heavy atom. The summed E-state index contributed by atoms with van der Waals surface area (Å²) in [6, 6.07) is 1.08. The summed E-state index contributed by atoms with van der Waals surface area (Å²) in [6.07, 6.45) is 3.95. The third-order valence-corrected chi connectivity index (χ3v) is 5.17. The van der Waals surface area contributed by atoms with E-state index in [1.807, 2.05) is 6.92 Å². The molecule has 7 heteroatoms. The number of furan rings is 1. The number of hydrogen-bond donors (Lipinski definition) is 1. The monoisotopic (exact) mass is 357 g/mol. The summed E-state index contributed by atoms with van der Waals surface area (Å²) >= 11 is 0. The average Bonchev–Trinajstić information content (AvgIpc) is 2.96. The number of carbonyl (C=O) groups is 1. The van der Waals surface area contributed by atoms with E-state index in [0.717, 1.165) is 37.0 Å². The molecule has 3 heterocycles. The van der Waals surface area contributed by atoms with Crippen LogP contribution in [0.1, 0.15) is 57.8 Å². The van der Waals surface area contributed by atoms with Gasteiger partial charge >= 0.3 is 0 Å². The van der Waals surface area contributed by atoms with Gasteiger partial charge in [-0.15, -0.1) is 0 Å². The van der Waals surface area contributed by atoms with Crippen molar-refractivity contribution < 1.29 is 13.9 Å². The highest BCUT2D eigenvalue weighted by molar-refractivity contribution is 5.97. The number of nitrogens with one attached hydrogen (secondary N) is 1. The minimum Gasteiger partial charge on any atom is -0.465 e. The Morgan fingerprint density at radius 3 is 2.92 bits per heavy atom. The molecule has 0 spiro atoms. The first-order valence-corrected chi connectivity index (χ1v) is 9.12. The van der Waals surface area contributed by atoms with Crippen LogP contribution < -0.4 is 5.56 Å². The first-order valence-electron chi connectivity index (χ1n) is 9.12. The molecule has 138 valence electrons. The molecule has 1 fully saturated rings. The smallest absolute Gasteiger partial charge is 0.258 e. The van der Waals surface area contributed by atoms with Crippen molar-refractivity contribution in [2.45, 2.75) is 45.6 Å². The quantitative estimate of drug-likeness (QED) is 0.889. The van der Waals surface area contributed by atoms with E-state index in [4.69, 9.17) is 9.15 Å². The maximum absolute atomic E-state index is 13.4. The number of ether oxygens (including phenoxy) is 1. The Kier molecular flexibility index (Phi) is 4.40. The number of aromatic nitrogens is 2. The van der Waals surface area contributed by atoms with Gasteiger partial charge in [-0.25, -0.2) is 4.98 Å². The molecule has 1 aliphatic carbocycles. The predicted molar refractivity (Wildman–Crippen MR) is 94.3 cm³/mol. The van der Waals surface area contributed by atoms with Crippen molar-refractivity contribution in [1.82, 2.24) is 14.9 Å². The second-order valence-electron chi connectivity index (χ2n) is 6.99. The highest BCUT2D eigenvalue weighted by Gasteiger charge is 2.35. The molecule has 0 saturated carbocycles. The number of carbonyl (C=O) groups excluding carboxylic acids is 1. The fourth-order valence-corrected chi connectivity index (χ4v) is 3.99. The molecule has 26 heavy (non-hydrogen) atoms. The second kappa shape index (κ2) is 6.72. The van der Waals surface area contributed by atoms with Crippen molar-refractivity contribution in [2.75, 3.05) is 19.8 Å². The van der Waals surface area contributed by atoms with Crippen molar-refractivity contribution in [1.29, 1.82) is 0 Å². The summed E-state index contributed by atoms with van der Waals surface area (Å²) < 4.78 is 11.5.